The minimum Gasteiger partial charge on any atom is -0.309 e. The van der Waals surface area contributed by atoms with E-state index in [4.69, 9.17) is 0 Å². The molecule has 0 fully saturated rings. The molecule has 164 valence electrons. The van der Waals surface area contributed by atoms with Gasteiger partial charge in [-0.25, -0.2) is 0 Å². The van der Waals surface area contributed by atoms with Crippen molar-refractivity contribution < 1.29 is 0 Å². The molecule has 0 atom stereocenters. The maximum atomic E-state index is 4.55. The highest BCUT2D eigenvalue weighted by Gasteiger charge is 2.38. The van der Waals surface area contributed by atoms with Gasteiger partial charge in [0.05, 0.1) is 17.1 Å². The van der Waals surface area contributed by atoms with Crippen LogP contribution in [0.4, 0.5) is 17.1 Å². The fraction of sp³-hybridized carbons (Fsp3) is 0.121. The van der Waals surface area contributed by atoms with Crippen LogP contribution in [-0.4, -0.2) is 4.98 Å². The number of hydrogen-bond donors (Lipinski definition) is 0. The van der Waals surface area contributed by atoms with E-state index >= 15 is 0 Å². The monoisotopic (exact) mass is 446 g/mol. The fourth-order valence-corrected chi connectivity index (χ4v) is 7.23. The van der Waals surface area contributed by atoms with E-state index in [-0.39, 0.29) is 0 Å². The van der Waals surface area contributed by atoms with Crippen molar-refractivity contribution in [3.05, 3.63) is 130 Å². The summed E-state index contributed by atoms with van der Waals surface area (Å²) >= 11 is 0. The molecule has 0 spiro atoms. The summed E-state index contributed by atoms with van der Waals surface area (Å²) in [6, 6.07) is 27.4. The molecule has 3 heterocycles. The minimum atomic E-state index is 0.949. The summed E-state index contributed by atoms with van der Waals surface area (Å²) in [5.41, 5.74) is 21.4. The van der Waals surface area contributed by atoms with Crippen LogP contribution < -0.4 is 4.90 Å². The van der Waals surface area contributed by atoms with E-state index < -0.39 is 0 Å². The Balaban J connectivity index is 1.37. The van der Waals surface area contributed by atoms with Gasteiger partial charge in [-0.1, -0.05) is 66.7 Å². The Kier molecular flexibility index (Phi) is 3.27. The van der Waals surface area contributed by atoms with E-state index in [0.29, 0.717) is 0 Å². The summed E-state index contributed by atoms with van der Waals surface area (Å²) in [5, 5.41) is 0. The highest BCUT2D eigenvalue weighted by Crippen LogP contribution is 2.57. The SMILES string of the molecule is c1ccc2c(c1)Cc1c-2ccc2c1N1c3ccncc3Cc3c4c(cc(c31)C2)Cc1ccccc1-4. The Morgan fingerprint density at radius 2 is 1.29 bits per heavy atom. The molecule has 2 heteroatoms. The van der Waals surface area contributed by atoms with E-state index in [0.717, 1.165) is 25.7 Å². The molecular weight excluding hydrogens is 424 g/mol. The van der Waals surface area contributed by atoms with Gasteiger partial charge in [0, 0.05) is 31.7 Å². The minimum absolute atomic E-state index is 0.949. The lowest BCUT2D eigenvalue weighted by molar-refractivity contribution is 0.987. The summed E-state index contributed by atoms with van der Waals surface area (Å²) in [6.45, 7) is 0. The van der Waals surface area contributed by atoms with Gasteiger partial charge in [-0.2, -0.15) is 0 Å². The molecule has 0 saturated heterocycles. The van der Waals surface area contributed by atoms with Crippen LogP contribution in [0.15, 0.2) is 85.2 Å². The van der Waals surface area contributed by atoms with E-state index in [2.05, 4.69) is 88.9 Å². The first-order valence-electron chi connectivity index (χ1n) is 12.6. The maximum absolute atomic E-state index is 4.55. The first kappa shape index (κ1) is 18.2. The third-order valence-electron chi connectivity index (χ3n) is 8.58. The number of pyridine rings is 1. The summed E-state index contributed by atoms with van der Waals surface area (Å²) in [5.74, 6) is 0. The zero-order valence-corrected chi connectivity index (χ0v) is 19.3. The van der Waals surface area contributed by atoms with Crippen LogP contribution in [0.2, 0.25) is 0 Å². The smallest absolute Gasteiger partial charge is 0.0539 e. The van der Waals surface area contributed by atoms with Crippen LogP contribution in [0, 0.1) is 0 Å². The van der Waals surface area contributed by atoms with Crippen LogP contribution in [0.1, 0.15) is 44.5 Å². The van der Waals surface area contributed by atoms with Gasteiger partial charge in [0.1, 0.15) is 0 Å². The van der Waals surface area contributed by atoms with Gasteiger partial charge in [-0.15, -0.1) is 0 Å². The van der Waals surface area contributed by atoms with Crippen molar-refractivity contribution in [2.45, 2.75) is 25.7 Å². The third kappa shape index (κ3) is 2.23. The first-order valence-corrected chi connectivity index (χ1v) is 12.6. The van der Waals surface area contributed by atoms with Crippen molar-refractivity contribution in [3.8, 4) is 22.3 Å². The number of rotatable bonds is 0. The van der Waals surface area contributed by atoms with Crippen LogP contribution in [0.25, 0.3) is 22.3 Å². The summed E-state index contributed by atoms with van der Waals surface area (Å²) in [7, 11) is 0. The van der Waals surface area contributed by atoms with Gasteiger partial charge in [-0.3, -0.25) is 4.98 Å². The average molecular weight is 447 g/mol. The molecule has 2 nitrogen and oxygen atoms in total. The molecule has 4 aliphatic rings. The molecule has 2 aliphatic carbocycles. The Morgan fingerprint density at radius 1 is 0.543 bits per heavy atom. The summed E-state index contributed by atoms with van der Waals surface area (Å²) < 4.78 is 0. The van der Waals surface area contributed by atoms with Gasteiger partial charge < -0.3 is 4.90 Å². The Bertz CT molecular complexity index is 1760. The van der Waals surface area contributed by atoms with Crippen molar-refractivity contribution in [2.75, 3.05) is 4.90 Å². The molecule has 0 N–H and O–H groups in total. The van der Waals surface area contributed by atoms with E-state index in [1.165, 1.54) is 83.8 Å². The zero-order valence-electron chi connectivity index (χ0n) is 19.3. The number of aromatic nitrogens is 1. The van der Waals surface area contributed by atoms with Gasteiger partial charge in [0.15, 0.2) is 0 Å². The molecule has 35 heavy (non-hydrogen) atoms. The highest BCUT2D eigenvalue weighted by molar-refractivity contribution is 5.98. The quantitative estimate of drug-likeness (QED) is 0.240. The van der Waals surface area contributed by atoms with Gasteiger partial charge in [0.25, 0.3) is 0 Å². The number of hydrogen-bond acceptors (Lipinski definition) is 2. The van der Waals surface area contributed by atoms with Crippen molar-refractivity contribution in [2.24, 2.45) is 0 Å². The topological polar surface area (TPSA) is 16.1 Å². The molecule has 9 rings (SSSR count). The molecule has 0 unspecified atom stereocenters. The van der Waals surface area contributed by atoms with Crippen molar-refractivity contribution in [1.82, 2.24) is 4.98 Å². The molecule has 0 amide bonds. The van der Waals surface area contributed by atoms with E-state index in [1.807, 2.05) is 6.20 Å². The van der Waals surface area contributed by atoms with Crippen LogP contribution in [0.5, 0.6) is 0 Å². The lowest BCUT2D eigenvalue weighted by atomic mass is 9.81. The highest BCUT2D eigenvalue weighted by atomic mass is 15.2. The normalized spacial score (nSPS) is 14.9. The molecule has 0 radical (unpaired) electrons. The van der Waals surface area contributed by atoms with Crippen molar-refractivity contribution in [1.29, 1.82) is 0 Å². The number of nitrogens with zero attached hydrogens (tertiary/aromatic N) is 2. The Morgan fingerprint density at radius 3 is 2.20 bits per heavy atom. The van der Waals surface area contributed by atoms with E-state index in [1.54, 1.807) is 0 Å². The molecule has 4 aromatic carbocycles. The third-order valence-corrected chi connectivity index (χ3v) is 8.58. The molecule has 1 aromatic heterocycles. The number of fused-ring (bicyclic) bond motifs is 12. The first-order chi connectivity index (χ1) is 17.3. The lowest BCUT2D eigenvalue weighted by Crippen LogP contribution is -2.26. The van der Waals surface area contributed by atoms with Gasteiger partial charge in [0.2, 0.25) is 0 Å². The van der Waals surface area contributed by atoms with Gasteiger partial charge in [-0.05, 0) is 79.2 Å². The zero-order chi connectivity index (χ0) is 22.7. The lowest BCUT2D eigenvalue weighted by Gasteiger charge is -2.41. The predicted molar refractivity (Wildman–Crippen MR) is 141 cm³/mol. The van der Waals surface area contributed by atoms with Crippen molar-refractivity contribution in [3.63, 3.8) is 0 Å². The maximum Gasteiger partial charge on any atom is 0.0539 e. The number of benzene rings is 4. The Hall–Kier alpha value is -4.17. The molecule has 0 bridgehead atoms. The van der Waals surface area contributed by atoms with Gasteiger partial charge >= 0.3 is 0 Å². The Labute approximate surface area is 204 Å². The molecule has 0 saturated carbocycles. The molecular formula is C33H22N2. The van der Waals surface area contributed by atoms with Crippen LogP contribution in [-0.2, 0) is 25.7 Å². The standard InChI is InChI=1S/C33H22N2/c1-3-7-25-20(6-1)16-28-27(25)10-9-21-14-23-15-22-13-19-5-2-4-8-26(19)31(22)29-17-24-18-34-12-11-30(24)35(32(21)28)33(23)29/h1-12,15,18H,13-14,16-17H2. The summed E-state index contributed by atoms with van der Waals surface area (Å²) in [4.78, 5) is 7.16. The number of anilines is 3. The predicted octanol–water partition coefficient (Wildman–Crippen LogP) is 7.50. The second-order valence-electron chi connectivity index (χ2n) is 10.4. The fourth-order valence-electron chi connectivity index (χ4n) is 7.23. The van der Waals surface area contributed by atoms with Crippen LogP contribution >= 0.6 is 0 Å². The summed E-state index contributed by atoms with van der Waals surface area (Å²) in [6.07, 6.45) is 8.04. The average Bonchev–Trinajstić information content (AvgIpc) is 3.46. The van der Waals surface area contributed by atoms with E-state index in [9.17, 15) is 0 Å². The molecule has 5 aromatic rings. The largest absolute Gasteiger partial charge is 0.309 e. The van der Waals surface area contributed by atoms with Crippen molar-refractivity contribution >= 4 is 17.1 Å². The molecule has 2 aliphatic heterocycles. The second kappa shape index (κ2) is 6.28. The second-order valence-corrected chi connectivity index (χ2v) is 10.4. The van der Waals surface area contributed by atoms with Crippen LogP contribution in [0.3, 0.4) is 0 Å².